The Bertz CT molecular complexity index is 915. The number of H-pyrrole nitrogens is 1. The van der Waals surface area contributed by atoms with Crippen LogP contribution >= 0.6 is 0 Å². The molecule has 0 aliphatic heterocycles. The van der Waals surface area contributed by atoms with Crippen molar-refractivity contribution in [1.82, 2.24) is 15.5 Å². The minimum absolute atomic E-state index is 0.132. The minimum atomic E-state index is -0.311. The quantitative estimate of drug-likeness (QED) is 0.661. The second kappa shape index (κ2) is 7.53. The van der Waals surface area contributed by atoms with Crippen LogP contribution in [-0.2, 0) is 12.1 Å². The maximum Gasteiger partial charge on any atom is 0.128 e. The Hall–Kier alpha value is -2.66. The number of nitrogens with one attached hydrogen (secondary N) is 2. The molecule has 1 heterocycles. The molecule has 0 bridgehead atoms. The molecule has 0 atom stereocenters. The average Bonchev–Trinajstić information content (AvgIpc) is 3.37. The molecular weight excluding hydrogens is 341 g/mol. The highest BCUT2D eigenvalue weighted by molar-refractivity contribution is 5.64. The van der Waals surface area contributed by atoms with E-state index in [1.54, 1.807) is 19.2 Å². The van der Waals surface area contributed by atoms with E-state index in [1.165, 1.54) is 0 Å². The van der Waals surface area contributed by atoms with Crippen molar-refractivity contribution >= 4 is 0 Å². The van der Waals surface area contributed by atoms with E-state index in [0.717, 1.165) is 53.8 Å². The van der Waals surface area contributed by atoms with Crippen molar-refractivity contribution in [2.24, 2.45) is 0 Å². The third-order valence-corrected chi connectivity index (χ3v) is 5.54. The van der Waals surface area contributed by atoms with E-state index in [9.17, 15) is 4.39 Å². The number of halogens is 1. The number of nitrogens with zero attached hydrogens (tertiary/aromatic N) is 1. The summed E-state index contributed by atoms with van der Waals surface area (Å²) in [5, 5.41) is 11.0. The van der Waals surface area contributed by atoms with Crippen LogP contribution in [0.3, 0.4) is 0 Å². The van der Waals surface area contributed by atoms with Gasteiger partial charge in [-0.2, -0.15) is 5.10 Å². The highest BCUT2D eigenvalue weighted by atomic mass is 19.1. The van der Waals surface area contributed by atoms with Crippen molar-refractivity contribution in [2.45, 2.75) is 37.8 Å². The van der Waals surface area contributed by atoms with Gasteiger partial charge in [0.05, 0.1) is 19.0 Å². The van der Waals surface area contributed by atoms with E-state index in [1.807, 2.05) is 42.6 Å². The molecule has 0 unspecified atom stereocenters. The van der Waals surface area contributed by atoms with E-state index in [0.29, 0.717) is 6.54 Å². The van der Waals surface area contributed by atoms with Crippen LogP contribution in [0.5, 0.6) is 5.75 Å². The molecule has 1 aliphatic rings. The van der Waals surface area contributed by atoms with E-state index in [-0.39, 0.29) is 11.4 Å². The summed E-state index contributed by atoms with van der Waals surface area (Å²) in [7, 11) is 1.66. The zero-order chi connectivity index (χ0) is 18.7. The molecule has 4 nitrogen and oxygen atoms in total. The Kier molecular flexibility index (Phi) is 4.94. The molecule has 140 valence electrons. The third-order valence-electron chi connectivity index (χ3n) is 5.54. The first-order chi connectivity index (χ1) is 13.2. The first-order valence-electron chi connectivity index (χ1n) is 9.38. The molecule has 3 aromatic rings. The second-order valence-electron chi connectivity index (χ2n) is 7.12. The zero-order valence-corrected chi connectivity index (χ0v) is 15.5. The molecule has 0 spiro atoms. The van der Waals surface area contributed by atoms with Crippen LogP contribution in [0, 0.1) is 5.82 Å². The van der Waals surface area contributed by atoms with Crippen LogP contribution in [0.15, 0.2) is 54.7 Å². The van der Waals surface area contributed by atoms with Crippen molar-refractivity contribution in [1.29, 1.82) is 0 Å². The van der Waals surface area contributed by atoms with E-state index < -0.39 is 0 Å². The summed E-state index contributed by atoms with van der Waals surface area (Å²) in [5.41, 5.74) is 3.51. The highest BCUT2D eigenvalue weighted by Gasteiger charge is 2.37. The van der Waals surface area contributed by atoms with E-state index in [4.69, 9.17) is 4.74 Å². The number of aromatic amines is 1. The van der Waals surface area contributed by atoms with Gasteiger partial charge in [-0.3, -0.25) is 5.10 Å². The summed E-state index contributed by atoms with van der Waals surface area (Å²) in [5.74, 6) is 0.673. The first kappa shape index (κ1) is 17.7. The molecule has 27 heavy (non-hydrogen) atoms. The Balaban J connectivity index is 1.60. The van der Waals surface area contributed by atoms with Crippen molar-refractivity contribution < 1.29 is 9.13 Å². The fourth-order valence-corrected chi connectivity index (χ4v) is 4.11. The average molecular weight is 365 g/mol. The number of hydrogen-bond donors (Lipinski definition) is 2. The molecule has 1 fully saturated rings. The normalized spacial score (nSPS) is 15.8. The van der Waals surface area contributed by atoms with Crippen LogP contribution in [0.4, 0.5) is 4.39 Å². The van der Waals surface area contributed by atoms with Gasteiger partial charge in [-0.1, -0.05) is 43.2 Å². The van der Waals surface area contributed by atoms with Crippen LogP contribution < -0.4 is 10.1 Å². The fourth-order valence-electron chi connectivity index (χ4n) is 4.11. The smallest absolute Gasteiger partial charge is 0.128 e. The Morgan fingerprint density at radius 2 is 1.96 bits per heavy atom. The molecule has 2 aromatic carbocycles. The number of aromatic nitrogens is 2. The number of benzene rings is 2. The van der Waals surface area contributed by atoms with Crippen molar-refractivity contribution in [3.05, 3.63) is 71.7 Å². The maximum absolute atomic E-state index is 14.5. The zero-order valence-electron chi connectivity index (χ0n) is 15.5. The van der Waals surface area contributed by atoms with E-state index >= 15 is 0 Å². The van der Waals surface area contributed by atoms with Gasteiger partial charge in [-0.05, 0) is 31.0 Å². The fraction of sp³-hybridized carbons (Fsp3) is 0.318. The van der Waals surface area contributed by atoms with Gasteiger partial charge in [0.1, 0.15) is 11.6 Å². The largest absolute Gasteiger partial charge is 0.497 e. The van der Waals surface area contributed by atoms with E-state index in [2.05, 4.69) is 15.5 Å². The number of methoxy groups -OCH3 is 1. The summed E-state index contributed by atoms with van der Waals surface area (Å²) >= 11 is 0. The molecule has 1 aromatic heterocycles. The van der Waals surface area contributed by atoms with Crippen LogP contribution in [0.1, 0.15) is 36.8 Å². The monoisotopic (exact) mass is 365 g/mol. The summed E-state index contributed by atoms with van der Waals surface area (Å²) in [4.78, 5) is 0. The maximum atomic E-state index is 14.5. The summed E-state index contributed by atoms with van der Waals surface area (Å²) in [6.07, 6.45) is 5.94. The van der Waals surface area contributed by atoms with Gasteiger partial charge in [0.2, 0.25) is 0 Å². The predicted molar refractivity (Wildman–Crippen MR) is 104 cm³/mol. The van der Waals surface area contributed by atoms with Crippen LogP contribution in [0.25, 0.3) is 11.3 Å². The Labute approximate surface area is 158 Å². The first-order valence-corrected chi connectivity index (χ1v) is 9.38. The van der Waals surface area contributed by atoms with Gasteiger partial charge in [0.25, 0.3) is 0 Å². The molecule has 0 radical (unpaired) electrons. The molecule has 1 aliphatic carbocycles. The van der Waals surface area contributed by atoms with Gasteiger partial charge in [-0.15, -0.1) is 0 Å². The molecule has 5 heteroatoms. The van der Waals surface area contributed by atoms with Crippen LogP contribution in [0.2, 0.25) is 0 Å². The topological polar surface area (TPSA) is 49.9 Å². The number of hydrogen-bond acceptors (Lipinski definition) is 3. The van der Waals surface area contributed by atoms with Crippen molar-refractivity contribution in [3.63, 3.8) is 0 Å². The second-order valence-corrected chi connectivity index (χ2v) is 7.12. The number of ether oxygens (including phenoxy) is 1. The molecule has 1 saturated carbocycles. The minimum Gasteiger partial charge on any atom is -0.497 e. The van der Waals surface area contributed by atoms with Gasteiger partial charge in [0.15, 0.2) is 0 Å². The van der Waals surface area contributed by atoms with Crippen LogP contribution in [-0.4, -0.2) is 17.3 Å². The SMILES string of the molecule is COc1cccc(-c2[nH]ncc2CNC2(c3ccccc3F)CCCC2)c1. The lowest BCUT2D eigenvalue weighted by Crippen LogP contribution is -2.40. The molecule has 0 amide bonds. The Morgan fingerprint density at radius 3 is 2.74 bits per heavy atom. The van der Waals surface area contributed by atoms with Gasteiger partial charge in [0, 0.05) is 28.8 Å². The molecular formula is C22H24FN3O. The summed E-state index contributed by atoms with van der Waals surface area (Å²) < 4.78 is 19.8. The lowest BCUT2D eigenvalue weighted by molar-refractivity contribution is 0.326. The standard InChI is InChI=1S/C22H24FN3O/c1-27-18-8-6-7-16(13-18)21-17(15-25-26-21)14-24-22(11-4-5-12-22)19-9-2-3-10-20(19)23/h2-3,6-10,13,15,24H,4-5,11-12,14H2,1H3,(H,25,26). The summed E-state index contributed by atoms with van der Waals surface area (Å²) in [6, 6.07) is 15.0. The van der Waals surface area contributed by atoms with Crippen molar-refractivity contribution in [3.8, 4) is 17.0 Å². The van der Waals surface area contributed by atoms with Gasteiger partial charge in [-0.25, -0.2) is 4.39 Å². The lowest BCUT2D eigenvalue weighted by Gasteiger charge is -2.31. The molecule has 4 rings (SSSR count). The third kappa shape index (κ3) is 3.47. The van der Waals surface area contributed by atoms with Crippen molar-refractivity contribution in [2.75, 3.05) is 7.11 Å². The lowest BCUT2D eigenvalue weighted by atomic mass is 9.87. The summed E-state index contributed by atoms with van der Waals surface area (Å²) in [6.45, 7) is 0.622. The number of rotatable bonds is 6. The Morgan fingerprint density at radius 1 is 1.15 bits per heavy atom. The molecule has 0 saturated heterocycles. The molecule has 2 N–H and O–H groups in total. The van der Waals surface area contributed by atoms with Gasteiger partial charge < -0.3 is 10.1 Å². The van der Waals surface area contributed by atoms with Gasteiger partial charge >= 0.3 is 0 Å². The highest BCUT2D eigenvalue weighted by Crippen LogP contribution is 2.40. The predicted octanol–water partition coefficient (Wildman–Crippen LogP) is 4.78.